The fourth-order valence-corrected chi connectivity index (χ4v) is 2.15. The molecule has 0 fully saturated rings. The molecule has 1 atom stereocenters. The lowest BCUT2D eigenvalue weighted by Crippen LogP contribution is -2.29. The monoisotopic (exact) mass is 350 g/mol. The van der Waals surface area contributed by atoms with Gasteiger partial charge in [-0.15, -0.1) is 0 Å². The standard InChI is InChI=1S/C20H18N2O4/c1-14(20(24)22-17-9-5-3-8-16(17)13-21)26-19(23)12-11-15-7-4-6-10-18(15)25-2/h3-12,14H,1-2H3,(H,22,24)/b12-11+/t14-/m0/s1. The third-order valence-corrected chi connectivity index (χ3v) is 3.51. The Morgan fingerprint density at radius 1 is 1.15 bits per heavy atom. The second-order valence-corrected chi connectivity index (χ2v) is 5.30. The second kappa shape index (κ2) is 9.04. The summed E-state index contributed by atoms with van der Waals surface area (Å²) in [6.07, 6.45) is 1.76. The van der Waals surface area contributed by atoms with Crippen molar-refractivity contribution in [3.05, 3.63) is 65.7 Å². The van der Waals surface area contributed by atoms with E-state index in [0.717, 1.165) is 0 Å². The normalized spacial score (nSPS) is 11.4. The molecule has 1 N–H and O–H groups in total. The summed E-state index contributed by atoms with van der Waals surface area (Å²) in [5, 5.41) is 11.6. The van der Waals surface area contributed by atoms with Gasteiger partial charge in [0.25, 0.3) is 5.91 Å². The van der Waals surface area contributed by atoms with Gasteiger partial charge in [-0.1, -0.05) is 30.3 Å². The molecule has 2 rings (SSSR count). The minimum Gasteiger partial charge on any atom is -0.496 e. The molecule has 0 spiro atoms. The van der Waals surface area contributed by atoms with Gasteiger partial charge < -0.3 is 14.8 Å². The summed E-state index contributed by atoms with van der Waals surface area (Å²) in [4.78, 5) is 24.1. The van der Waals surface area contributed by atoms with Crippen LogP contribution in [0, 0.1) is 11.3 Å². The number of rotatable bonds is 6. The SMILES string of the molecule is COc1ccccc1/C=C/C(=O)O[C@@H](C)C(=O)Nc1ccccc1C#N. The quantitative estimate of drug-likeness (QED) is 0.639. The predicted octanol–water partition coefficient (Wildman–Crippen LogP) is 3.15. The van der Waals surface area contributed by atoms with E-state index in [1.807, 2.05) is 18.2 Å². The number of methoxy groups -OCH3 is 1. The topological polar surface area (TPSA) is 88.4 Å². The number of ether oxygens (including phenoxy) is 2. The van der Waals surface area contributed by atoms with Crippen LogP contribution in [-0.2, 0) is 14.3 Å². The van der Waals surface area contributed by atoms with Gasteiger partial charge in [0.1, 0.15) is 11.8 Å². The number of nitrogens with one attached hydrogen (secondary N) is 1. The lowest BCUT2D eigenvalue weighted by Gasteiger charge is -2.13. The van der Waals surface area contributed by atoms with Crippen LogP contribution in [0.5, 0.6) is 5.75 Å². The van der Waals surface area contributed by atoms with Crippen molar-refractivity contribution >= 4 is 23.6 Å². The molecule has 2 aromatic carbocycles. The Hall–Kier alpha value is -3.59. The zero-order valence-corrected chi connectivity index (χ0v) is 14.4. The fourth-order valence-electron chi connectivity index (χ4n) is 2.15. The summed E-state index contributed by atoms with van der Waals surface area (Å²) in [6, 6.07) is 15.8. The maximum atomic E-state index is 12.1. The van der Waals surface area contributed by atoms with E-state index in [1.165, 1.54) is 20.1 Å². The number of para-hydroxylation sites is 2. The largest absolute Gasteiger partial charge is 0.496 e. The molecule has 0 bridgehead atoms. The van der Waals surface area contributed by atoms with Crippen molar-refractivity contribution in [2.24, 2.45) is 0 Å². The van der Waals surface area contributed by atoms with Gasteiger partial charge in [0, 0.05) is 11.6 Å². The van der Waals surface area contributed by atoms with Gasteiger partial charge in [0.05, 0.1) is 18.4 Å². The van der Waals surface area contributed by atoms with Crippen molar-refractivity contribution in [3.63, 3.8) is 0 Å². The lowest BCUT2D eigenvalue weighted by atomic mass is 10.2. The van der Waals surface area contributed by atoms with Crippen LogP contribution in [0.3, 0.4) is 0 Å². The molecule has 0 aliphatic carbocycles. The smallest absolute Gasteiger partial charge is 0.331 e. The third-order valence-electron chi connectivity index (χ3n) is 3.51. The summed E-state index contributed by atoms with van der Waals surface area (Å²) in [5.41, 5.74) is 1.41. The van der Waals surface area contributed by atoms with E-state index >= 15 is 0 Å². The number of esters is 1. The van der Waals surface area contributed by atoms with Gasteiger partial charge in [-0.3, -0.25) is 4.79 Å². The van der Waals surface area contributed by atoms with E-state index in [0.29, 0.717) is 22.6 Å². The average Bonchev–Trinajstić information content (AvgIpc) is 2.66. The van der Waals surface area contributed by atoms with Gasteiger partial charge in [0.15, 0.2) is 6.10 Å². The Bertz CT molecular complexity index is 868. The Morgan fingerprint density at radius 2 is 1.85 bits per heavy atom. The van der Waals surface area contributed by atoms with Crippen LogP contribution >= 0.6 is 0 Å². The highest BCUT2D eigenvalue weighted by molar-refractivity contribution is 5.97. The van der Waals surface area contributed by atoms with E-state index < -0.39 is 18.0 Å². The maximum Gasteiger partial charge on any atom is 0.331 e. The summed E-state index contributed by atoms with van der Waals surface area (Å²) < 4.78 is 10.3. The Kier molecular flexibility index (Phi) is 6.52. The van der Waals surface area contributed by atoms with Crippen LogP contribution in [0.4, 0.5) is 5.69 Å². The Balaban J connectivity index is 1.97. The summed E-state index contributed by atoms with van der Waals surface area (Å²) in [6.45, 7) is 1.46. The van der Waals surface area contributed by atoms with E-state index in [9.17, 15) is 9.59 Å². The van der Waals surface area contributed by atoms with Gasteiger partial charge in [-0.2, -0.15) is 5.26 Å². The highest BCUT2D eigenvalue weighted by Crippen LogP contribution is 2.19. The number of nitrogens with zero attached hydrogens (tertiary/aromatic N) is 1. The Labute approximate surface area is 151 Å². The molecule has 0 aliphatic rings. The average molecular weight is 350 g/mol. The minimum absolute atomic E-state index is 0.329. The molecule has 0 aliphatic heterocycles. The molecule has 0 aromatic heterocycles. The Morgan fingerprint density at radius 3 is 2.58 bits per heavy atom. The second-order valence-electron chi connectivity index (χ2n) is 5.30. The van der Waals surface area contributed by atoms with Gasteiger partial charge >= 0.3 is 5.97 Å². The minimum atomic E-state index is -1.02. The molecule has 0 saturated heterocycles. The number of anilines is 1. The zero-order chi connectivity index (χ0) is 18.9. The van der Waals surface area contributed by atoms with Crippen molar-refractivity contribution in [3.8, 4) is 11.8 Å². The molecule has 0 unspecified atom stereocenters. The number of benzene rings is 2. The van der Waals surface area contributed by atoms with E-state index in [1.54, 1.807) is 42.5 Å². The summed E-state index contributed by atoms with van der Waals surface area (Å²) in [5.74, 6) is -0.561. The number of hydrogen-bond acceptors (Lipinski definition) is 5. The maximum absolute atomic E-state index is 12.1. The van der Waals surface area contributed by atoms with Crippen molar-refractivity contribution in [2.75, 3.05) is 12.4 Å². The number of hydrogen-bond donors (Lipinski definition) is 1. The number of amides is 1. The van der Waals surface area contributed by atoms with E-state index in [4.69, 9.17) is 14.7 Å². The third kappa shape index (κ3) is 4.95. The molecular weight excluding hydrogens is 332 g/mol. The lowest BCUT2D eigenvalue weighted by molar-refractivity contribution is -0.148. The van der Waals surface area contributed by atoms with Crippen molar-refractivity contribution in [1.82, 2.24) is 0 Å². The molecule has 2 aromatic rings. The van der Waals surface area contributed by atoms with E-state index in [-0.39, 0.29) is 0 Å². The van der Waals surface area contributed by atoms with Gasteiger partial charge in [-0.25, -0.2) is 4.79 Å². The van der Waals surface area contributed by atoms with Crippen LogP contribution in [0.1, 0.15) is 18.1 Å². The molecule has 6 nitrogen and oxygen atoms in total. The number of nitriles is 1. The van der Waals surface area contributed by atoms with Gasteiger partial charge in [0.2, 0.25) is 0 Å². The van der Waals surface area contributed by atoms with Crippen LogP contribution < -0.4 is 10.1 Å². The summed E-state index contributed by atoms with van der Waals surface area (Å²) in [7, 11) is 1.54. The van der Waals surface area contributed by atoms with Crippen molar-refractivity contribution in [2.45, 2.75) is 13.0 Å². The molecule has 0 saturated carbocycles. The zero-order valence-electron chi connectivity index (χ0n) is 14.4. The molecule has 0 radical (unpaired) electrons. The summed E-state index contributed by atoms with van der Waals surface area (Å²) >= 11 is 0. The first-order chi connectivity index (χ1) is 12.5. The molecule has 132 valence electrons. The van der Waals surface area contributed by atoms with Crippen LogP contribution in [0.2, 0.25) is 0 Å². The fraction of sp³-hybridized carbons (Fsp3) is 0.150. The highest BCUT2D eigenvalue weighted by Gasteiger charge is 2.17. The van der Waals surface area contributed by atoms with E-state index in [2.05, 4.69) is 5.32 Å². The molecule has 26 heavy (non-hydrogen) atoms. The molecule has 1 amide bonds. The molecule has 0 heterocycles. The first-order valence-corrected chi connectivity index (χ1v) is 7.87. The first-order valence-electron chi connectivity index (χ1n) is 7.87. The molecule has 6 heteroatoms. The van der Waals surface area contributed by atoms with Crippen LogP contribution in [0.15, 0.2) is 54.6 Å². The number of carbonyl (C=O) groups is 2. The predicted molar refractivity (Wildman–Crippen MR) is 97.4 cm³/mol. The van der Waals surface area contributed by atoms with Crippen LogP contribution in [-0.4, -0.2) is 25.1 Å². The van der Waals surface area contributed by atoms with Crippen LogP contribution in [0.25, 0.3) is 6.08 Å². The highest BCUT2D eigenvalue weighted by atomic mass is 16.5. The first kappa shape index (κ1) is 18.7. The van der Waals surface area contributed by atoms with Crippen molar-refractivity contribution in [1.29, 1.82) is 5.26 Å². The molecular formula is C20H18N2O4. The number of carbonyl (C=O) groups excluding carboxylic acids is 2. The van der Waals surface area contributed by atoms with Crippen molar-refractivity contribution < 1.29 is 19.1 Å². The van der Waals surface area contributed by atoms with Gasteiger partial charge in [-0.05, 0) is 31.2 Å².